The highest BCUT2D eigenvalue weighted by atomic mass is 32.2. The minimum Gasteiger partial charge on any atom is -0.495 e. The molecule has 4 rings (SSSR count). The van der Waals surface area contributed by atoms with E-state index in [4.69, 9.17) is 4.74 Å². The van der Waals surface area contributed by atoms with Crippen molar-refractivity contribution in [1.82, 2.24) is 4.90 Å². The van der Waals surface area contributed by atoms with E-state index in [0.717, 1.165) is 17.5 Å². The lowest BCUT2D eigenvalue weighted by atomic mass is 9.99. The van der Waals surface area contributed by atoms with E-state index in [2.05, 4.69) is 22.9 Å². The van der Waals surface area contributed by atoms with Crippen LogP contribution in [-0.4, -0.2) is 39.4 Å². The molecule has 3 aromatic carbocycles. The molecule has 0 bridgehead atoms. The molecular weight excluding hydrogens is 436 g/mol. The Morgan fingerprint density at radius 1 is 1.00 bits per heavy atom. The van der Waals surface area contributed by atoms with Gasteiger partial charge < -0.3 is 9.64 Å². The zero-order chi connectivity index (χ0) is 23.4. The summed E-state index contributed by atoms with van der Waals surface area (Å²) < 4.78 is 34.0. The highest BCUT2D eigenvalue weighted by Gasteiger charge is 2.25. The lowest BCUT2D eigenvalue weighted by molar-refractivity contribution is 0.0772. The molecule has 0 aliphatic carbocycles. The highest BCUT2D eigenvalue weighted by Crippen LogP contribution is 2.29. The van der Waals surface area contributed by atoms with Gasteiger partial charge in [0.05, 0.1) is 7.11 Å². The Morgan fingerprint density at radius 3 is 2.36 bits per heavy atom. The zero-order valence-electron chi connectivity index (χ0n) is 18.6. The normalized spacial score (nSPS) is 13.9. The van der Waals surface area contributed by atoms with E-state index in [1.807, 2.05) is 37.3 Å². The van der Waals surface area contributed by atoms with Gasteiger partial charge in [-0.2, -0.15) is 0 Å². The maximum atomic E-state index is 13.2. The van der Waals surface area contributed by atoms with Crippen LogP contribution in [-0.2, 0) is 10.0 Å². The molecule has 1 aliphatic heterocycles. The molecular formula is C26H26N2O4S. The molecule has 0 saturated carbocycles. The first-order valence-electron chi connectivity index (χ1n) is 10.7. The number of rotatable bonds is 6. The number of methoxy groups -OCH3 is 1. The van der Waals surface area contributed by atoms with E-state index in [-0.39, 0.29) is 16.6 Å². The second-order valence-electron chi connectivity index (χ2n) is 7.93. The molecule has 0 radical (unpaired) electrons. The van der Waals surface area contributed by atoms with Crippen molar-refractivity contribution in [1.29, 1.82) is 0 Å². The van der Waals surface area contributed by atoms with Gasteiger partial charge in [0.25, 0.3) is 15.9 Å². The van der Waals surface area contributed by atoms with Crippen LogP contribution in [0.25, 0.3) is 5.57 Å². The molecule has 0 aromatic heterocycles. The van der Waals surface area contributed by atoms with Gasteiger partial charge in [0, 0.05) is 24.3 Å². The summed E-state index contributed by atoms with van der Waals surface area (Å²) in [6, 6.07) is 21.6. The van der Waals surface area contributed by atoms with Gasteiger partial charge in [0.1, 0.15) is 10.6 Å². The quantitative estimate of drug-likeness (QED) is 0.574. The van der Waals surface area contributed by atoms with E-state index >= 15 is 0 Å². The SMILES string of the molecule is COc1ccc(C(=O)N2CC=C(c3ccccc3)CC2)cc1S(=O)(=O)Nc1ccc(C)cc1. The third-order valence-electron chi connectivity index (χ3n) is 5.64. The van der Waals surface area contributed by atoms with Crippen LogP contribution in [0.4, 0.5) is 5.69 Å². The third kappa shape index (κ3) is 5.09. The predicted octanol–water partition coefficient (Wildman–Crippen LogP) is 4.73. The van der Waals surface area contributed by atoms with Gasteiger partial charge in [-0.15, -0.1) is 0 Å². The molecule has 0 spiro atoms. The number of carbonyl (C=O) groups excluding carboxylic acids is 1. The Hall–Kier alpha value is -3.58. The number of carbonyl (C=O) groups is 1. The standard InChI is InChI=1S/C26H26N2O4S/c1-19-8-11-23(12-9-19)27-33(30,31)25-18-22(10-13-24(25)32-2)26(29)28-16-14-21(15-17-28)20-6-4-3-5-7-20/h3-14,18,27H,15-17H2,1-2H3. The van der Waals surface area contributed by atoms with E-state index in [0.29, 0.717) is 24.3 Å². The first-order chi connectivity index (χ1) is 15.9. The summed E-state index contributed by atoms with van der Waals surface area (Å²) in [6.45, 7) is 2.96. The van der Waals surface area contributed by atoms with Crippen LogP contribution in [0, 0.1) is 6.92 Å². The summed E-state index contributed by atoms with van der Waals surface area (Å²) in [5, 5.41) is 0. The van der Waals surface area contributed by atoms with Crippen molar-refractivity contribution in [3.63, 3.8) is 0 Å². The van der Waals surface area contributed by atoms with E-state index in [1.165, 1.54) is 24.8 Å². The first-order valence-corrected chi connectivity index (χ1v) is 12.2. The number of amides is 1. The molecule has 1 aliphatic rings. The van der Waals surface area contributed by atoms with Crippen molar-refractivity contribution in [2.75, 3.05) is 24.9 Å². The van der Waals surface area contributed by atoms with Crippen LogP contribution >= 0.6 is 0 Å². The van der Waals surface area contributed by atoms with Crippen molar-refractivity contribution in [3.05, 3.63) is 95.6 Å². The monoisotopic (exact) mass is 462 g/mol. The topological polar surface area (TPSA) is 75.7 Å². The Labute approximate surface area is 194 Å². The number of sulfonamides is 1. The summed E-state index contributed by atoms with van der Waals surface area (Å²) in [5.41, 5.74) is 4.13. The molecule has 7 heteroatoms. The second kappa shape index (κ2) is 9.50. The summed E-state index contributed by atoms with van der Waals surface area (Å²) in [6.07, 6.45) is 2.79. The van der Waals surface area contributed by atoms with Gasteiger partial charge in [0.15, 0.2) is 0 Å². The van der Waals surface area contributed by atoms with Crippen LogP contribution in [0.3, 0.4) is 0 Å². The number of benzene rings is 3. The number of nitrogens with one attached hydrogen (secondary N) is 1. The van der Waals surface area contributed by atoms with Gasteiger partial charge in [-0.25, -0.2) is 8.42 Å². The van der Waals surface area contributed by atoms with Crippen LogP contribution in [0.1, 0.15) is 27.9 Å². The molecule has 1 amide bonds. The van der Waals surface area contributed by atoms with E-state index in [9.17, 15) is 13.2 Å². The third-order valence-corrected chi connectivity index (χ3v) is 7.05. The van der Waals surface area contributed by atoms with Crippen molar-refractivity contribution in [2.24, 2.45) is 0 Å². The van der Waals surface area contributed by atoms with Gasteiger partial charge in [-0.3, -0.25) is 9.52 Å². The van der Waals surface area contributed by atoms with Crippen LogP contribution in [0.15, 0.2) is 83.8 Å². The molecule has 0 unspecified atom stereocenters. The average Bonchev–Trinajstić information content (AvgIpc) is 2.85. The van der Waals surface area contributed by atoms with Crippen molar-refractivity contribution < 1.29 is 17.9 Å². The minimum absolute atomic E-state index is 0.0750. The van der Waals surface area contributed by atoms with Crippen LogP contribution in [0.2, 0.25) is 0 Å². The first kappa shape index (κ1) is 22.6. The zero-order valence-corrected chi connectivity index (χ0v) is 19.4. The largest absolute Gasteiger partial charge is 0.495 e. The summed E-state index contributed by atoms with van der Waals surface area (Å²) >= 11 is 0. The fraction of sp³-hybridized carbons (Fsp3) is 0.192. The number of hydrogen-bond donors (Lipinski definition) is 1. The fourth-order valence-electron chi connectivity index (χ4n) is 3.80. The van der Waals surface area contributed by atoms with Gasteiger partial charge in [0.2, 0.25) is 0 Å². The Morgan fingerprint density at radius 2 is 1.73 bits per heavy atom. The molecule has 3 aromatic rings. The Bertz CT molecular complexity index is 1280. The Balaban J connectivity index is 1.57. The molecule has 0 atom stereocenters. The fourth-order valence-corrected chi connectivity index (χ4v) is 5.06. The molecule has 0 fully saturated rings. The number of aryl methyl sites for hydroxylation is 1. The molecule has 1 N–H and O–H groups in total. The van der Waals surface area contributed by atoms with Gasteiger partial charge in [-0.1, -0.05) is 54.1 Å². The predicted molar refractivity (Wildman–Crippen MR) is 130 cm³/mol. The maximum absolute atomic E-state index is 13.2. The molecule has 170 valence electrons. The van der Waals surface area contributed by atoms with Gasteiger partial charge in [-0.05, 0) is 54.8 Å². The number of ether oxygens (including phenoxy) is 1. The lowest BCUT2D eigenvalue weighted by Crippen LogP contribution is -2.34. The lowest BCUT2D eigenvalue weighted by Gasteiger charge is -2.27. The Kier molecular flexibility index (Phi) is 6.51. The minimum atomic E-state index is -3.96. The summed E-state index contributed by atoms with van der Waals surface area (Å²) in [4.78, 5) is 14.8. The average molecular weight is 463 g/mol. The van der Waals surface area contributed by atoms with Crippen molar-refractivity contribution in [2.45, 2.75) is 18.2 Å². The number of anilines is 1. The van der Waals surface area contributed by atoms with E-state index < -0.39 is 10.0 Å². The molecule has 33 heavy (non-hydrogen) atoms. The maximum Gasteiger partial charge on any atom is 0.265 e. The molecule has 1 heterocycles. The molecule has 6 nitrogen and oxygen atoms in total. The summed E-state index contributed by atoms with van der Waals surface area (Å²) in [5.74, 6) is -0.0381. The smallest absolute Gasteiger partial charge is 0.265 e. The van der Waals surface area contributed by atoms with Crippen LogP contribution < -0.4 is 9.46 Å². The second-order valence-corrected chi connectivity index (χ2v) is 9.58. The number of nitrogens with zero attached hydrogens (tertiary/aromatic N) is 1. The highest BCUT2D eigenvalue weighted by molar-refractivity contribution is 7.92. The van der Waals surface area contributed by atoms with Crippen molar-refractivity contribution in [3.8, 4) is 5.75 Å². The number of hydrogen-bond acceptors (Lipinski definition) is 4. The molecule has 0 saturated heterocycles. The van der Waals surface area contributed by atoms with Crippen LogP contribution in [0.5, 0.6) is 5.75 Å². The van der Waals surface area contributed by atoms with E-state index in [1.54, 1.807) is 23.1 Å². The summed E-state index contributed by atoms with van der Waals surface area (Å²) in [7, 11) is -2.55. The van der Waals surface area contributed by atoms with Gasteiger partial charge >= 0.3 is 0 Å². The van der Waals surface area contributed by atoms with Crippen molar-refractivity contribution >= 4 is 27.2 Å².